The summed E-state index contributed by atoms with van der Waals surface area (Å²) in [5, 5.41) is 7.48. The zero-order valence-electron chi connectivity index (χ0n) is 14.8. The Labute approximate surface area is 156 Å². The molecule has 5 nitrogen and oxygen atoms in total. The first-order valence-corrected chi connectivity index (χ1v) is 9.88. The molecule has 0 bridgehead atoms. The average molecular weight is 366 g/mol. The number of aromatic nitrogens is 2. The summed E-state index contributed by atoms with van der Waals surface area (Å²) in [6, 6.07) is 7.82. The minimum atomic E-state index is -0.122. The lowest BCUT2D eigenvalue weighted by molar-refractivity contribution is 0.102. The van der Waals surface area contributed by atoms with Crippen molar-refractivity contribution in [2.24, 2.45) is 5.92 Å². The Bertz CT molecular complexity index is 930. The second-order valence-electron chi connectivity index (χ2n) is 6.74. The molecule has 1 amide bonds. The van der Waals surface area contributed by atoms with E-state index >= 15 is 0 Å². The number of aryl methyl sites for hydroxylation is 1. The molecule has 26 heavy (non-hydrogen) atoms. The van der Waals surface area contributed by atoms with Crippen LogP contribution in [-0.2, 0) is 12.8 Å². The molecule has 3 heterocycles. The highest BCUT2D eigenvalue weighted by Crippen LogP contribution is 2.26. The number of carbonyl (C=O) groups is 1. The first-order chi connectivity index (χ1) is 12.7. The van der Waals surface area contributed by atoms with Gasteiger partial charge in [0.1, 0.15) is 0 Å². The Morgan fingerprint density at radius 1 is 1.35 bits per heavy atom. The molecular weight excluding hydrogens is 344 g/mol. The third kappa shape index (κ3) is 3.76. The average Bonchev–Trinajstić information content (AvgIpc) is 3.30. The molecule has 1 unspecified atom stereocenters. The predicted molar refractivity (Wildman–Crippen MR) is 106 cm³/mol. The Morgan fingerprint density at radius 2 is 2.27 bits per heavy atom. The highest BCUT2D eigenvalue weighted by atomic mass is 32.1. The first kappa shape index (κ1) is 17.1. The van der Waals surface area contributed by atoms with Crippen LogP contribution in [-0.4, -0.2) is 29.0 Å². The van der Waals surface area contributed by atoms with E-state index in [2.05, 4.69) is 27.5 Å². The number of nitrogens with zero attached hydrogens (tertiary/aromatic N) is 2. The van der Waals surface area contributed by atoms with Crippen molar-refractivity contribution in [2.45, 2.75) is 26.2 Å². The summed E-state index contributed by atoms with van der Waals surface area (Å²) in [5.74, 6) is 0.514. The fourth-order valence-electron chi connectivity index (χ4n) is 3.35. The Balaban J connectivity index is 1.48. The molecule has 0 saturated carbocycles. The van der Waals surface area contributed by atoms with Gasteiger partial charge in [-0.05, 0) is 68.1 Å². The first-order valence-electron chi connectivity index (χ1n) is 9.06. The summed E-state index contributed by atoms with van der Waals surface area (Å²) in [5.41, 5.74) is 3.50. The molecule has 4 rings (SSSR count). The zero-order chi connectivity index (χ0) is 17.9. The third-order valence-electron chi connectivity index (χ3n) is 4.74. The topological polar surface area (TPSA) is 66.9 Å². The van der Waals surface area contributed by atoms with Crippen LogP contribution >= 0.6 is 11.3 Å². The number of carbonyl (C=O) groups excluding carboxylic acids is 1. The van der Waals surface area contributed by atoms with Crippen LogP contribution in [0.2, 0.25) is 0 Å². The molecular formula is C20H22N4OS. The number of benzene rings is 1. The molecule has 0 radical (unpaired) electrons. The standard InChI is InChI=1S/C20H22N4OS/c1-2-19-24-17-4-3-16(9-18(17)26-19)23-20(25)15-8-14(11-22-12-15)7-13-5-6-21-10-13/h3-4,8-9,11-13,21H,2,5-7,10H2,1H3,(H,23,25). The maximum atomic E-state index is 12.6. The molecule has 1 aliphatic heterocycles. The molecule has 2 aromatic heterocycles. The molecule has 1 fully saturated rings. The Kier molecular flexibility index (Phi) is 4.95. The largest absolute Gasteiger partial charge is 0.322 e. The monoisotopic (exact) mass is 366 g/mol. The SMILES string of the molecule is CCc1nc2ccc(NC(=O)c3cncc(CC4CCNC4)c3)cc2s1. The summed E-state index contributed by atoms with van der Waals surface area (Å²) >= 11 is 1.67. The molecule has 3 aromatic rings. The van der Waals surface area contributed by atoms with E-state index in [1.54, 1.807) is 17.5 Å². The summed E-state index contributed by atoms with van der Waals surface area (Å²) in [4.78, 5) is 21.5. The summed E-state index contributed by atoms with van der Waals surface area (Å²) < 4.78 is 1.10. The second kappa shape index (κ2) is 7.51. The van der Waals surface area contributed by atoms with Crippen LogP contribution in [0.3, 0.4) is 0 Å². The van der Waals surface area contributed by atoms with Gasteiger partial charge in [-0.15, -0.1) is 11.3 Å². The van der Waals surface area contributed by atoms with Gasteiger partial charge >= 0.3 is 0 Å². The molecule has 1 aliphatic rings. The number of nitrogens with one attached hydrogen (secondary N) is 2. The van der Waals surface area contributed by atoms with Gasteiger partial charge in [-0.1, -0.05) is 6.92 Å². The highest BCUT2D eigenvalue weighted by molar-refractivity contribution is 7.18. The lowest BCUT2D eigenvalue weighted by Gasteiger charge is -2.10. The Morgan fingerprint density at radius 3 is 3.08 bits per heavy atom. The van der Waals surface area contributed by atoms with Crippen molar-refractivity contribution < 1.29 is 4.79 Å². The minimum absolute atomic E-state index is 0.122. The van der Waals surface area contributed by atoms with E-state index < -0.39 is 0 Å². The van der Waals surface area contributed by atoms with E-state index in [1.165, 1.54) is 6.42 Å². The van der Waals surface area contributed by atoms with Crippen molar-refractivity contribution in [2.75, 3.05) is 18.4 Å². The second-order valence-corrected chi connectivity index (χ2v) is 7.86. The van der Waals surface area contributed by atoms with Crippen LogP contribution < -0.4 is 10.6 Å². The predicted octanol–water partition coefficient (Wildman–Crippen LogP) is 3.66. The van der Waals surface area contributed by atoms with Crippen molar-refractivity contribution >= 4 is 33.1 Å². The normalized spacial score (nSPS) is 16.9. The van der Waals surface area contributed by atoms with Crippen LogP contribution in [0.4, 0.5) is 5.69 Å². The quantitative estimate of drug-likeness (QED) is 0.723. The maximum Gasteiger partial charge on any atom is 0.257 e. The lowest BCUT2D eigenvalue weighted by Crippen LogP contribution is -2.14. The minimum Gasteiger partial charge on any atom is -0.322 e. The zero-order valence-corrected chi connectivity index (χ0v) is 15.6. The smallest absolute Gasteiger partial charge is 0.257 e. The molecule has 134 valence electrons. The number of rotatable bonds is 5. The van der Waals surface area contributed by atoms with Crippen LogP contribution in [0.25, 0.3) is 10.2 Å². The number of hydrogen-bond donors (Lipinski definition) is 2. The summed E-state index contributed by atoms with van der Waals surface area (Å²) in [6.07, 6.45) is 6.58. The molecule has 2 N–H and O–H groups in total. The van der Waals surface area contributed by atoms with Gasteiger partial charge in [-0.25, -0.2) is 4.98 Å². The van der Waals surface area contributed by atoms with E-state index in [9.17, 15) is 4.79 Å². The maximum absolute atomic E-state index is 12.6. The van der Waals surface area contributed by atoms with Crippen LogP contribution in [0.5, 0.6) is 0 Å². The molecule has 1 saturated heterocycles. The van der Waals surface area contributed by atoms with Gasteiger partial charge in [-0.3, -0.25) is 9.78 Å². The number of anilines is 1. The number of hydrogen-bond acceptors (Lipinski definition) is 5. The van der Waals surface area contributed by atoms with E-state index in [4.69, 9.17) is 0 Å². The van der Waals surface area contributed by atoms with Gasteiger partial charge in [0.2, 0.25) is 0 Å². The van der Waals surface area contributed by atoms with E-state index in [0.29, 0.717) is 11.5 Å². The number of amides is 1. The fourth-order valence-corrected chi connectivity index (χ4v) is 4.30. The molecule has 1 aromatic carbocycles. The summed E-state index contributed by atoms with van der Waals surface area (Å²) in [6.45, 7) is 4.23. The van der Waals surface area contributed by atoms with E-state index in [-0.39, 0.29) is 5.91 Å². The van der Waals surface area contributed by atoms with E-state index in [1.807, 2.05) is 30.5 Å². The van der Waals surface area contributed by atoms with Crippen LogP contribution in [0, 0.1) is 5.92 Å². The van der Waals surface area contributed by atoms with Gasteiger partial charge in [0, 0.05) is 18.1 Å². The number of fused-ring (bicyclic) bond motifs is 1. The van der Waals surface area contributed by atoms with Crippen molar-refractivity contribution in [1.82, 2.24) is 15.3 Å². The molecule has 1 atom stereocenters. The van der Waals surface area contributed by atoms with E-state index in [0.717, 1.165) is 52.4 Å². The number of thiazole rings is 1. The third-order valence-corrected chi connectivity index (χ3v) is 5.90. The fraction of sp³-hybridized carbons (Fsp3) is 0.350. The van der Waals surface area contributed by atoms with Crippen LogP contribution in [0.15, 0.2) is 36.7 Å². The van der Waals surface area contributed by atoms with Gasteiger partial charge in [-0.2, -0.15) is 0 Å². The van der Waals surface area contributed by atoms with Crippen molar-refractivity contribution in [3.05, 3.63) is 52.8 Å². The van der Waals surface area contributed by atoms with Crippen molar-refractivity contribution in [3.63, 3.8) is 0 Å². The summed E-state index contributed by atoms with van der Waals surface area (Å²) in [7, 11) is 0. The van der Waals surface area contributed by atoms with Crippen molar-refractivity contribution in [3.8, 4) is 0 Å². The molecule has 0 spiro atoms. The van der Waals surface area contributed by atoms with Crippen LogP contribution in [0.1, 0.15) is 34.3 Å². The highest BCUT2D eigenvalue weighted by Gasteiger charge is 2.16. The molecule has 6 heteroatoms. The van der Waals surface area contributed by atoms with Gasteiger partial charge in [0.25, 0.3) is 5.91 Å². The van der Waals surface area contributed by atoms with Gasteiger partial charge in [0.15, 0.2) is 0 Å². The van der Waals surface area contributed by atoms with Gasteiger partial charge in [0.05, 0.1) is 20.8 Å². The number of pyridine rings is 1. The van der Waals surface area contributed by atoms with Crippen molar-refractivity contribution in [1.29, 1.82) is 0 Å². The van der Waals surface area contributed by atoms with Gasteiger partial charge < -0.3 is 10.6 Å². The lowest BCUT2D eigenvalue weighted by atomic mass is 9.99. The molecule has 0 aliphatic carbocycles. The Hall–Kier alpha value is -2.31.